The Kier molecular flexibility index (Phi) is 5.21. The molecule has 0 amide bonds. The first-order valence-electron chi connectivity index (χ1n) is 8.24. The summed E-state index contributed by atoms with van der Waals surface area (Å²) in [4.78, 5) is 12.9. The second kappa shape index (κ2) is 7.73. The van der Waals surface area contributed by atoms with E-state index in [9.17, 15) is 0 Å². The lowest BCUT2D eigenvalue weighted by molar-refractivity contribution is 0.271. The molecule has 5 heteroatoms. The molecule has 1 N–H and O–H groups in total. The maximum Gasteiger partial charge on any atom is 0.180 e. The Balaban J connectivity index is 1.51. The van der Waals surface area contributed by atoms with Crippen molar-refractivity contribution in [3.8, 4) is 5.75 Å². The van der Waals surface area contributed by atoms with Gasteiger partial charge in [-0.2, -0.15) is 0 Å². The quantitative estimate of drug-likeness (QED) is 0.718. The summed E-state index contributed by atoms with van der Waals surface area (Å²) in [6.07, 6.45) is 4.25. The van der Waals surface area contributed by atoms with Gasteiger partial charge in [-0.3, -0.25) is 4.98 Å². The van der Waals surface area contributed by atoms with Crippen LogP contribution >= 0.6 is 0 Å². The van der Waals surface area contributed by atoms with Gasteiger partial charge in [-0.05, 0) is 42.2 Å². The number of aromatic nitrogens is 3. The number of ether oxygens (including phenoxy) is 1. The SMILES string of the molecule is CC(C)COc1ccc(CCNc2ccc3nccnc3n2)cc1. The van der Waals surface area contributed by atoms with Crippen LogP contribution in [0.25, 0.3) is 11.2 Å². The number of hydrogen-bond donors (Lipinski definition) is 1. The average Bonchev–Trinajstić information content (AvgIpc) is 2.61. The van der Waals surface area contributed by atoms with Crippen molar-refractivity contribution in [1.82, 2.24) is 15.0 Å². The molecule has 124 valence electrons. The third-order valence-electron chi connectivity index (χ3n) is 3.56. The van der Waals surface area contributed by atoms with Gasteiger partial charge in [-0.15, -0.1) is 0 Å². The third-order valence-corrected chi connectivity index (χ3v) is 3.56. The van der Waals surface area contributed by atoms with E-state index in [-0.39, 0.29) is 0 Å². The van der Waals surface area contributed by atoms with Crippen LogP contribution in [-0.2, 0) is 6.42 Å². The number of fused-ring (bicyclic) bond motifs is 1. The van der Waals surface area contributed by atoms with Crippen LogP contribution in [0.15, 0.2) is 48.8 Å². The molecule has 5 nitrogen and oxygen atoms in total. The van der Waals surface area contributed by atoms with Crippen LogP contribution in [0.1, 0.15) is 19.4 Å². The lowest BCUT2D eigenvalue weighted by atomic mass is 10.1. The monoisotopic (exact) mass is 322 g/mol. The zero-order valence-electron chi connectivity index (χ0n) is 14.1. The van der Waals surface area contributed by atoms with E-state index >= 15 is 0 Å². The maximum absolute atomic E-state index is 5.70. The van der Waals surface area contributed by atoms with Crippen LogP contribution in [0.5, 0.6) is 5.75 Å². The average molecular weight is 322 g/mol. The third kappa shape index (κ3) is 4.41. The normalized spacial score (nSPS) is 11.0. The van der Waals surface area contributed by atoms with Crippen LogP contribution in [-0.4, -0.2) is 28.1 Å². The van der Waals surface area contributed by atoms with Crippen LogP contribution < -0.4 is 10.1 Å². The van der Waals surface area contributed by atoms with Gasteiger partial charge in [0.05, 0.1) is 6.61 Å². The van der Waals surface area contributed by atoms with Crippen molar-refractivity contribution in [2.75, 3.05) is 18.5 Å². The van der Waals surface area contributed by atoms with Gasteiger partial charge in [-0.1, -0.05) is 26.0 Å². The lowest BCUT2D eigenvalue weighted by Crippen LogP contribution is -2.07. The molecule has 0 saturated heterocycles. The first kappa shape index (κ1) is 16.2. The molecule has 0 aliphatic rings. The summed E-state index contributed by atoms with van der Waals surface area (Å²) in [5, 5.41) is 3.33. The van der Waals surface area contributed by atoms with Crippen molar-refractivity contribution in [2.24, 2.45) is 5.92 Å². The molecule has 0 radical (unpaired) electrons. The maximum atomic E-state index is 5.70. The highest BCUT2D eigenvalue weighted by Crippen LogP contribution is 2.14. The van der Waals surface area contributed by atoms with Crippen molar-refractivity contribution >= 4 is 17.0 Å². The zero-order valence-corrected chi connectivity index (χ0v) is 14.1. The largest absolute Gasteiger partial charge is 0.493 e. The minimum Gasteiger partial charge on any atom is -0.493 e. The van der Waals surface area contributed by atoms with E-state index in [4.69, 9.17) is 4.74 Å². The molecule has 0 fully saturated rings. The van der Waals surface area contributed by atoms with Crippen LogP contribution in [0.2, 0.25) is 0 Å². The molecule has 0 bridgehead atoms. The van der Waals surface area contributed by atoms with E-state index in [0.29, 0.717) is 11.6 Å². The standard InChI is InChI=1S/C19H22N4O/c1-14(2)13-24-16-5-3-15(4-6-16)9-10-21-18-8-7-17-19(23-18)22-12-11-20-17/h3-8,11-12,14H,9-10,13H2,1-2H3,(H,21,22,23). The van der Waals surface area contributed by atoms with Crippen molar-refractivity contribution in [3.63, 3.8) is 0 Å². The second-order valence-corrected chi connectivity index (χ2v) is 6.12. The highest BCUT2D eigenvalue weighted by atomic mass is 16.5. The Morgan fingerprint density at radius 3 is 2.58 bits per heavy atom. The minimum absolute atomic E-state index is 0.535. The second-order valence-electron chi connectivity index (χ2n) is 6.12. The number of rotatable bonds is 7. The predicted molar refractivity (Wildman–Crippen MR) is 96.3 cm³/mol. The molecule has 0 aliphatic heterocycles. The summed E-state index contributed by atoms with van der Waals surface area (Å²) in [6, 6.07) is 12.1. The summed E-state index contributed by atoms with van der Waals surface area (Å²) in [6.45, 7) is 5.85. The number of nitrogens with zero attached hydrogens (tertiary/aromatic N) is 3. The Bertz CT molecular complexity index is 787. The molecule has 0 saturated carbocycles. The molecule has 3 rings (SSSR count). The Morgan fingerprint density at radius 2 is 1.79 bits per heavy atom. The van der Waals surface area contributed by atoms with E-state index in [1.165, 1.54) is 5.56 Å². The van der Waals surface area contributed by atoms with Gasteiger partial charge in [0, 0.05) is 18.9 Å². The van der Waals surface area contributed by atoms with Crippen LogP contribution in [0.4, 0.5) is 5.82 Å². The topological polar surface area (TPSA) is 59.9 Å². The van der Waals surface area contributed by atoms with E-state index in [2.05, 4.69) is 46.2 Å². The Labute approximate surface area is 142 Å². The van der Waals surface area contributed by atoms with Crippen molar-refractivity contribution in [2.45, 2.75) is 20.3 Å². The smallest absolute Gasteiger partial charge is 0.180 e. The molecule has 0 unspecified atom stereocenters. The molecule has 3 aromatic rings. The molecule has 24 heavy (non-hydrogen) atoms. The van der Waals surface area contributed by atoms with Gasteiger partial charge >= 0.3 is 0 Å². The number of nitrogens with one attached hydrogen (secondary N) is 1. The fourth-order valence-corrected chi connectivity index (χ4v) is 2.30. The zero-order chi connectivity index (χ0) is 16.8. The number of benzene rings is 1. The molecule has 0 atom stereocenters. The molecular formula is C19H22N4O. The lowest BCUT2D eigenvalue weighted by Gasteiger charge is -2.10. The fourth-order valence-electron chi connectivity index (χ4n) is 2.30. The van der Waals surface area contributed by atoms with Gasteiger partial charge in [0.25, 0.3) is 0 Å². The summed E-state index contributed by atoms with van der Waals surface area (Å²) in [5.41, 5.74) is 2.73. The summed E-state index contributed by atoms with van der Waals surface area (Å²) < 4.78 is 5.70. The first-order valence-corrected chi connectivity index (χ1v) is 8.24. The molecular weight excluding hydrogens is 300 g/mol. The molecule has 2 heterocycles. The van der Waals surface area contributed by atoms with E-state index in [1.54, 1.807) is 12.4 Å². The molecule has 0 aliphatic carbocycles. The van der Waals surface area contributed by atoms with Gasteiger partial charge in [0.2, 0.25) is 0 Å². The van der Waals surface area contributed by atoms with Gasteiger partial charge in [0.15, 0.2) is 5.65 Å². The molecule has 2 aromatic heterocycles. The van der Waals surface area contributed by atoms with Gasteiger partial charge in [0.1, 0.15) is 17.1 Å². The van der Waals surface area contributed by atoms with Crippen molar-refractivity contribution < 1.29 is 4.74 Å². The summed E-state index contributed by atoms with van der Waals surface area (Å²) in [7, 11) is 0. The van der Waals surface area contributed by atoms with Crippen molar-refractivity contribution in [1.29, 1.82) is 0 Å². The number of anilines is 1. The van der Waals surface area contributed by atoms with Crippen LogP contribution in [0, 0.1) is 5.92 Å². The fraction of sp³-hybridized carbons (Fsp3) is 0.316. The van der Waals surface area contributed by atoms with E-state index in [0.717, 1.165) is 36.7 Å². The minimum atomic E-state index is 0.535. The van der Waals surface area contributed by atoms with Gasteiger partial charge < -0.3 is 10.1 Å². The number of hydrogen-bond acceptors (Lipinski definition) is 5. The Hall–Kier alpha value is -2.69. The highest BCUT2D eigenvalue weighted by Gasteiger charge is 2.01. The molecule has 1 aromatic carbocycles. The van der Waals surface area contributed by atoms with E-state index in [1.807, 2.05) is 24.3 Å². The van der Waals surface area contributed by atoms with Crippen molar-refractivity contribution in [3.05, 3.63) is 54.4 Å². The van der Waals surface area contributed by atoms with Gasteiger partial charge in [-0.25, -0.2) is 9.97 Å². The Morgan fingerprint density at radius 1 is 1.00 bits per heavy atom. The van der Waals surface area contributed by atoms with Crippen LogP contribution in [0.3, 0.4) is 0 Å². The first-order chi connectivity index (χ1) is 11.7. The predicted octanol–water partition coefficient (Wildman–Crippen LogP) is 3.71. The highest BCUT2D eigenvalue weighted by molar-refractivity contribution is 5.71. The number of pyridine rings is 1. The summed E-state index contributed by atoms with van der Waals surface area (Å²) in [5.74, 6) is 2.28. The van der Waals surface area contributed by atoms with E-state index < -0.39 is 0 Å². The summed E-state index contributed by atoms with van der Waals surface area (Å²) >= 11 is 0. The molecule has 0 spiro atoms.